The third kappa shape index (κ3) is 9.36. The first kappa shape index (κ1) is 23.4. The highest BCUT2D eigenvalue weighted by atomic mass is 16.5. The van der Waals surface area contributed by atoms with Gasteiger partial charge in [0, 0.05) is 19.6 Å². The van der Waals surface area contributed by atoms with Gasteiger partial charge in [0.1, 0.15) is 0 Å². The van der Waals surface area contributed by atoms with Crippen molar-refractivity contribution in [3.8, 4) is 0 Å². The molecule has 0 unspecified atom stereocenters. The van der Waals surface area contributed by atoms with Gasteiger partial charge in [0.25, 0.3) is 0 Å². The molecule has 0 aromatic rings. The minimum absolute atomic E-state index is 0.0424. The lowest BCUT2D eigenvalue weighted by Gasteiger charge is -2.39. The molecule has 26 heavy (non-hydrogen) atoms. The van der Waals surface area contributed by atoms with E-state index in [1.807, 2.05) is 0 Å². The Morgan fingerprint density at radius 1 is 1.23 bits per heavy atom. The largest absolute Gasteiger partial charge is 0.376 e. The first-order valence-corrected chi connectivity index (χ1v) is 10.9. The monoisotopic (exact) mass is 368 g/mol. The van der Waals surface area contributed by atoms with E-state index in [2.05, 4.69) is 51.8 Å². The number of ether oxygens (including phenoxy) is 1. The summed E-state index contributed by atoms with van der Waals surface area (Å²) < 4.78 is 5.89. The Balaban J connectivity index is 2.47. The van der Waals surface area contributed by atoms with Crippen LogP contribution in [-0.2, 0) is 9.53 Å². The zero-order valence-electron chi connectivity index (χ0n) is 18.3. The van der Waals surface area contributed by atoms with E-state index < -0.39 is 0 Å². The molecule has 0 aromatic heterocycles. The van der Waals surface area contributed by atoms with Crippen LogP contribution in [0.2, 0.25) is 0 Å². The fraction of sp³-hybridized carbons (Fsp3) is 0.955. The Kier molecular flexibility index (Phi) is 10.8. The van der Waals surface area contributed by atoms with Crippen molar-refractivity contribution in [2.45, 2.75) is 85.7 Å². The van der Waals surface area contributed by atoms with Gasteiger partial charge in [-0.2, -0.15) is 0 Å². The summed E-state index contributed by atoms with van der Waals surface area (Å²) in [6, 6.07) is 0. The summed E-state index contributed by atoms with van der Waals surface area (Å²) in [7, 11) is 0. The molecule has 1 rings (SSSR count). The maximum Gasteiger partial charge on any atom is 0.220 e. The zero-order valence-corrected chi connectivity index (χ0v) is 18.3. The van der Waals surface area contributed by atoms with E-state index in [1.165, 1.54) is 6.42 Å². The van der Waals surface area contributed by atoms with Crippen molar-refractivity contribution in [1.82, 2.24) is 10.2 Å². The molecule has 0 saturated carbocycles. The molecule has 1 N–H and O–H groups in total. The lowest BCUT2D eigenvalue weighted by molar-refractivity contribution is -0.124. The van der Waals surface area contributed by atoms with Crippen molar-refractivity contribution < 1.29 is 9.53 Å². The summed E-state index contributed by atoms with van der Waals surface area (Å²) in [5, 5.41) is 3.17. The number of carbonyl (C=O) groups excluding carboxylic acids is 1. The minimum Gasteiger partial charge on any atom is -0.376 e. The van der Waals surface area contributed by atoms with Gasteiger partial charge in [-0.15, -0.1) is 0 Å². The second-order valence-corrected chi connectivity index (χ2v) is 9.03. The van der Waals surface area contributed by atoms with Crippen LogP contribution < -0.4 is 5.32 Å². The van der Waals surface area contributed by atoms with Crippen LogP contribution in [-0.4, -0.2) is 49.2 Å². The summed E-state index contributed by atoms with van der Waals surface area (Å²) in [6.07, 6.45) is 6.25. The molecule has 0 bridgehead atoms. The van der Waals surface area contributed by atoms with Crippen molar-refractivity contribution in [2.75, 3.05) is 32.8 Å². The van der Waals surface area contributed by atoms with E-state index in [-0.39, 0.29) is 11.5 Å². The van der Waals surface area contributed by atoms with E-state index >= 15 is 0 Å². The van der Waals surface area contributed by atoms with Crippen molar-refractivity contribution >= 4 is 5.91 Å². The fourth-order valence-electron chi connectivity index (χ4n) is 4.11. The number of hydrogen-bond acceptors (Lipinski definition) is 3. The molecular formula is C22H44N2O2. The fourth-order valence-corrected chi connectivity index (χ4v) is 4.11. The SMILES string of the molecule is CCN(CC)CCCNC(=O)C[C@H](CCC(C)C)[C@@H]1CCOC(C)(C)C1. The number of nitrogens with zero attached hydrogens (tertiary/aromatic N) is 1. The van der Waals surface area contributed by atoms with Gasteiger partial charge in [-0.1, -0.05) is 34.1 Å². The third-order valence-electron chi connectivity index (χ3n) is 5.83. The summed E-state index contributed by atoms with van der Waals surface area (Å²) >= 11 is 0. The Hall–Kier alpha value is -0.610. The van der Waals surface area contributed by atoms with Crippen LogP contribution in [0.1, 0.15) is 80.1 Å². The Bertz CT molecular complexity index is 392. The maximum atomic E-state index is 12.5. The third-order valence-corrected chi connectivity index (χ3v) is 5.83. The molecule has 1 aliphatic rings. The Morgan fingerprint density at radius 3 is 2.50 bits per heavy atom. The molecule has 1 saturated heterocycles. The summed E-state index contributed by atoms with van der Waals surface area (Å²) in [4.78, 5) is 14.9. The summed E-state index contributed by atoms with van der Waals surface area (Å²) in [6.45, 7) is 18.2. The molecule has 0 spiro atoms. The summed E-state index contributed by atoms with van der Waals surface area (Å²) in [5.41, 5.74) is -0.0424. The quantitative estimate of drug-likeness (QED) is 0.516. The van der Waals surface area contributed by atoms with E-state index in [1.54, 1.807) is 0 Å². The molecule has 154 valence electrons. The smallest absolute Gasteiger partial charge is 0.220 e. The maximum absolute atomic E-state index is 12.5. The van der Waals surface area contributed by atoms with Gasteiger partial charge in [0.2, 0.25) is 5.91 Å². The molecule has 4 nitrogen and oxygen atoms in total. The van der Waals surface area contributed by atoms with Crippen molar-refractivity contribution in [1.29, 1.82) is 0 Å². The van der Waals surface area contributed by atoms with E-state index in [4.69, 9.17) is 4.74 Å². The molecule has 1 heterocycles. The normalized spacial score (nSPS) is 21.2. The highest BCUT2D eigenvalue weighted by molar-refractivity contribution is 5.76. The predicted molar refractivity (Wildman–Crippen MR) is 110 cm³/mol. The van der Waals surface area contributed by atoms with Gasteiger partial charge in [0.05, 0.1) is 5.60 Å². The molecule has 1 aliphatic heterocycles. The lowest BCUT2D eigenvalue weighted by Crippen LogP contribution is -2.38. The highest BCUT2D eigenvalue weighted by Gasteiger charge is 2.34. The molecule has 1 amide bonds. The number of hydrogen-bond donors (Lipinski definition) is 1. The van der Waals surface area contributed by atoms with Crippen LogP contribution in [0.5, 0.6) is 0 Å². The van der Waals surface area contributed by atoms with Crippen molar-refractivity contribution in [2.24, 2.45) is 17.8 Å². The molecule has 2 atom stereocenters. The van der Waals surface area contributed by atoms with Crippen molar-refractivity contribution in [3.63, 3.8) is 0 Å². The first-order chi connectivity index (χ1) is 12.3. The van der Waals surface area contributed by atoms with Gasteiger partial charge in [-0.05, 0) is 76.9 Å². The van der Waals surface area contributed by atoms with E-state index in [9.17, 15) is 4.79 Å². The summed E-state index contributed by atoms with van der Waals surface area (Å²) in [5.74, 6) is 2.03. The van der Waals surface area contributed by atoms with E-state index in [0.717, 1.165) is 58.5 Å². The zero-order chi connectivity index (χ0) is 19.6. The standard InChI is InChI=1S/C22H44N2O2/c1-7-24(8-2)14-9-13-23-21(25)16-19(11-10-18(3)4)20-12-15-26-22(5,6)17-20/h18-20H,7-17H2,1-6H3,(H,23,25)/t19-,20+/m0/s1. The van der Waals surface area contributed by atoms with E-state index in [0.29, 0.717) is 24.2 Å². The molecule has 0 aromatic carbocycles. The van der Waals surface area contributed by atoms with Gasteiger partial charge < -0.3 is 15.0 Å². The van der Waals surface area contributed by atoms with Crippen LogP contribution >= 0.6 is 0 Å². The Labute approximate surface area is 162 Å². The average molecular weight is 369 g/mol. The highest BCUT2D eigenvalue weighted by Crippen LogP contribution is 2.37. The molecule has 0 aliphatic carbocycles. The number of rotatable bonds is 12. The molecule has 0 radical (unpaired) electrons. The van der Waals surface area contributed by atoms with Gasteiger partial charge >= 0.3 is 0 Å². The lowest BCUT2D eigenvalue weighted by atomic mass is 9.75. The average Bonchev–Trinajstić information content (AvgIpc) is 2.57. The predicted octanol–water partition coefficient (Wildman–Crippen LogP) is 4.48. The number of carbonyl (C=O) groups is 1. The van der Waals surface area contributed by atoms with Crippen LogP contribution in [0.4, 0.5) is 0 Å². The van der Waals surface area contributed by atoms with Crippen LogP contribution in [0.25, 0.3) is 0 Å². The van der Waals surface area contributed by atoms with Gasteiger partial charge in [-0.3, -0.25) is 4.79 Å². The Morgan fingerprint density at radius 2 is 1.92 bits per heavy atom. The van der Waals surface area contributed by atoms with Crippen LogP contribution in [0.15, 0.2) is 0 Å². The van der Waals surface area contributed by atoms with Crippen molar-refractivity contribution in [3.05, 3.63) is 0 Å². The van der Waals surface area contributed by atoms with Gasteiger partial charge in [-0.25, -0.2) is 0 Å². The second kappa shape index (κ2) is 12.0. The van der Waals surface area contributed by atoms with Crippen LogP contribution in [0, 0.1) is 17.8 Å². The minimum atomic E-state index is -0.0424. The molecular weight excluding hydrogens is 324 g/mol. The number of nitrogens with one attached hydrogen (secondary N) is 1. The molecule has 1 fully saturated rings. The van der Waals surface area contributed by atoms with Gasteiger partial charge in [0.15, 0.2) is 0 Å². The number of amides is 1. The molecule has 4 heteroatoms. The second-order valence-electron chi connectivity index (χ2n) is 9.03. The first-order valence-electron chi connectivity index (χ1n) is 10.9. The topological polar surface area (TPSA) is 41.6 Å². The van der Waals surface area contributed by atoms with Crippen LogP contribution in [0.3, 0.4) is 0 Å².